The summed E-state index contributed by atoms with van der Waals surface area (Å²) in [4.78, 5) is 42.9. The second-order valence-electron chi connectivity index (χ2n) is 15.0. The van der Waals surface area contributed by atoms with Gasteiger partial charge in [-0.2, -0.15) is 4.98 Å². The maximum atomic E-state index is 13.6. The lowest BCUT2D eigenvalue weighted by molar-refractivity contribution is -0.947. The number of fused-ring (bicyclic) bond motifs is 1. The minimum Gasteiger partial charge on any atom is -0.465 e. The molecule has 304 valence electrons. The maximum absolute atomic E-state index is 13.6. The second kappa shape index (κ2) is 18.6. The van der Waals surface area contributed by atoms with E-state index in [9.17, 15) is 9.59 Å². The molecule has 0 aliphatic rings. The number of nitrogens with one attached hydrogen (secondary N) is 1. The molecule has 2 heterocycles. The van der Waals surface area contributed by atoms with Crippen LogP contribution in [0, 0.1) is 5.41 Å². The zero-order chi connectivity index (χ0) is 41.2. The number of tetrazole rings is 1. The van der Waals surface area contributed by atoms with E-state index in [1.165, 1.54) is 19.0 Å². The molecule has 0 aliphatic heterocycles. The van der Waals surface area contributed by atoms with Gasteiger partial charge in [0.2, 0.25) is 6.29 Å². The molecule has 1 unspecified atom stereocenters. The van der Waals surface area contributed by atoms with Crippen LogP contribution in [-0.2, 0) is 30.4 Å². The lowest BCUT2D eigenvalue weighted by Crippen LogP contribution is -2.44. The third-order valence-corrected chi connectivity index (χ3v) is 9.08. The van der Waals surface area contributed by atoms with Gasteiger partial charge < -0.3 is 23.8 Å². The Hall–Kier alpha value is -6.26. The van der Waals surface area contributed by atoms with Crippen LogP contribution in [0.15, 0.2) is 72.0 Å². The predicted octanol–water partition coefficient (Wildman–Crippen LogP) is 7.40. The molecular formula is C40H52N9O8+. The van der Waals surface area contributed by atoms with Crippen LogP contribution in [0.5, 0.6) is 6.01 Å². The Balaban J connectivity index is 1.19. The number of benzene rings is 3. The summed E-state index contributed by atoms with van der Waals surface area (Å²) in [5, 5.41) is 20.2. The Morgan fingerprint density at radius 2 is 1.72 bits per heavy atom. The lowest BCUT2D eigenvalue weighted by Gasteiger charge is -2.24. The molecule has 2 aromatic heterocycles. The molecule has 0 spiro atoms. The molecule has 0 saturated heterocycles. The Kier molecular flexibility index (Phi) is 13.7. The summed E-state index contributed by atoms with van der Waals surface area (Å²) < 4.78 is 24.0. The summed E-state index contributed by atoms with van der Waals surface area (Å²) in [6.45, 7) is 14.4. The van der Waals surface area contributed by atoms with Crippen LogP contribution >= 0.6 is 0 Å². The molecule has 5 rings (SSSR count). The van der Waals surface area contributed by atoms with Crippen molar-refractivity contribution in [3.63, 3.8) is 0 Å². The number of hydrazine groups is 1. The van der Waals surface area contributed by atoms with Crippen molar-refractivity contribution in [2.75, 3.05) is 34.0 Å². The molecule has 17 heteroatoms. The van der Waals surface area contributed by atoms with Crippen LogP contribution in [0.2, 0.25) is 0 Å². The molecule has 0 saturated carbocycles. The van der Waals surface area contributed by atoms with Crippen LogP contribution in [-0.4, -0.2) is 98.1 Å². The number of ether oxygens (including phenoxy) is 4. The molecule has 1 N–H and O–H groups in total. The van der Waals surface area contributed by atoms with Crippen LogP contribution in [0.4, 0.5) is 4.79 Å². The Bertz CT molecular complexity index is 2130. The smallest absolute Gasteiger partial charge is 0.465 e. The van der Waals surface area contributed by atoms with Crippen molar-refractivity contribution in [2.45, 2.75) is 79.7 Å². The van der Waals surface area contributed by atoms with E-state index in [2.05, 4.69) is 30.9 Å². The van der Waals surface area contributed by atoms with Crippen LogP contribution in [0.1, 0.15) is 77.2 Å². The fraction of sp³-hybridized carbons (Fsp3) is 0.450. The molecule has 3 aromatic carbocycles. The van der Waals surface area contributed by atoms with Crippen molar-refractivity contribution in [3.8, 4) is 28.5 Å². The first-order valence-corrected chi connectivity index (χ1v) is 18.7. The maximum Gasteiger partial charge on any atom is 0.511 e. The first-order chi connectivity index (χ1) is 27.2. The number of carbonyl (C=O) groups excluding carboxylic acids is 2. The second-order valence-corrected chi connectivity index (χ2v) is 15.0. The fourth-order valence-corrected chi connectivity index (χ4v) is 5.81. The highest BCUT2D eigenvalue weighted by Crippen LogP contribution is 2.31. The topological polar surface area (TPSA) is 180 Å². The standard InChI is InChI=1S/C40H52N9O8/c1-10-53-37-41-33-18-13-17-32(34(33)48(37)25-28-19-21-29(22-20-28)30-15-11-12-16-31(30)35-42-44-45-43-35)36(50)56-27(2)57-38(51)54-26-40(6,7)23-14-24-55-46-49(52-9)47(8)39(3,4)5/h11-13,15-22,27H,10,14,23-26H2,1-9H3,(H,42,43,44,45)/q+1/b49-46-. The quantitative estimate of drug-likeness (QED) is 0.0232. The number of hydrogen-bond acceptors (Lipinski definition) is 13. The molecular weight excluding hydrogens is 734 g/mol. The highest BCUT2D eigenvalue weighted by molar-refractivity contribution is 6.02. The zero-order valence-corrected chi connectivity index (χ0v) is 34.0. The largest absolute Gasteiger partial charge is 0.511 e. The number of H-pyrrole nitrogens is 1. The van der Waals surface area contributed by atoms with E-state index in [1.54, 1.807) is 23.2 Å². The molecule has 0 amide bonds. The third kappa shape index (κ3) is 11.0. The first kappa shape index (κ1) is 41.9. The Labute approximate surface area is 331 Å². The average molecular weight is 787 g/mol. The van der Waals surface area contributed by atoms with E-state index in [-0.39, 0.29) is 17.7 Å². The van der Waals surface area contributed by atoms with Gasteiger partial charge in [-0.3, -0.25) is 4.57 Å². The minimum atomic E-state index is -1.24. The van der Waals surface area contributed by atoms with Crippen molar-refractivity contribution in [1.82, 2.24) is 35.2 Å². The molecule has 5 aromatic rings. The van der Waals surface area contributed by atoms with Crippen molar-refractivity contribution in [2.24, 2.45) is 10.7 Å². The van der Waals surface area contributed by atoms with E-state index in [0.29, 0.717) is 55.5 Å². The van der Waals surface area contributed by atoms with E-state index in [4.69, 9.17) is 28.6 Å². The van der Waals surface area contributed by atoms with Crippen molar-refractivity contribution in [3.05, 3.63) is 77.9 Å². The van der Waals surface area contributed by atoms with E-state index < -0.39 is 23.8 Å². The number of rotatable bonds is 18. The highest BCUT2D eigenvalue weighted by atomic mass is 16.8. The number of imidazole rings is 1. The monoisotopic (exact) mass is 786 g/mol. The predicted molar refractivity (Wildman–Crippen MR) is 209 cm³/mol. The van der Waals surface area contributed by atoms with E-state index in [0.717, 1.165) is 22.3 Å². The molecule has 0 aliphatic carbocycles. The SMILES string of the molecule is CCOc1nc2cccc(C(=O)OC(C)OC(=O)OCC(C)(C)CCCO/N=[N+](\OC)N(C)C(C)(C)C)c2n1Cc1ccc(-c2ccccc2-c2nnn[nH]2)cc1. The average Bonchev–Trinajstić information content (AvgIpc) is 3.84. The highest BCUT2D eigenvalue weighted by Gasteiger charge is 2.30. The van der Waals surface area contributed by atoms with Gasteiger partial charge in [0.25, 0.3) is 16.3 Å². The van der Waals surface area contributed by atoms with E-state index in [1.807, 2.05) is 102 Å². The number of hydrogen-bond donors (Lipinski definition) is 1. The number of carbonyl (C=O) groups is 2. The van der Waals surface area contributed by atoms with Gasteiger partial charge in [-0.1, -0.05) is 68.4 Å². The zero-order valence-electron chi connectivity index (χ0n) is 34.0. The Morgan fingerprint density at radius 3 is 2.39 bits per heavy atom. The number of aromatic amines is 1. The van der Waals surface area contributed by atoms with Gasteiger partial charge in [0.05, 0.1) is 42.3 Å². The van der Waals surface area contributed by atoms with Gasteiger partial charge in [0.15, 0.2) is 12.9 Å². The van der Waals surface area contributed by atoms with Gasteiger partial charge >= 0.3 is 12.1 Å². The number of esters is 1. The minimum absolute atomic E-state index is 0.0751. The molecule has 0 radical (unpaired) electrons. The van der Waals surface area contributed by atoms with Crippen LogP contribution < -0.4 is 4.74 Å². The molecule has 1 atom stereocenters. The van der Waals surface area contributed by atoms with Crippen molar-refractivity contribution >= 4 is 23.2 Å². The molecule has 0 bridgehead atoms. The first-order valence-electron chi connectivity index (χ1n) is 18.7. The molecule has 17 nitrogen and oxygen atoms in total. The lowest BCUT2D eigenvalue weighted by atomic mass is 9.89. The number of para-hydroxylation sites is 1. The van der Waals surface area contributed by atoms with Crippen LogP contribution in [0.3, 0.4) is 0 Å². The molecule has 0 fully saturated rings. The number of nitrogens with zero attached hydrogens (tertiary/aromatic N) is 8. The third-order valence-electron chi connectivity index (χ3n) is 9.08. The summed E-state index contributed by atoms with van der Waals surface area (Å²) in [7, 11) is 3.35. The van der Waals surface area contributed by atoms with Gasteiger partial charge in [-0.05, 0) is 85.2 Å². The molecule has 57 heavy (non-hydrogen) atoms. The normalized spacial score (nSPS) is 12.5. The van der Waals surface area contributed by atoms with Crippen molar-refractivity contribution < 1.29 is 43.2 Å². The summed E-state index contributed by atoms with van der Waals surface area (Å²) in [5.41, 5.74) is 4.43. The summed E-state index contributed by atoms with van der Waals surface area (Å²) in [6.07, 6.45) is -0.876. The van der Waals surface area contributed by atoms with Crippen LogP contribution in [0.25, 0.3) is 33.5 Å². The van der Waals surface area contributed by atoms with Crippen molar-refractivity contribution in [1.29, 1.82) is 0 Å². The summed E-state index contributed by atoms with van der Waals surface area (Å²) in [5.74, 6) is -0.132. The van der Waals surface area contributed by atoms with E-state index >= 15 is 0 Å². The van der Waals surface area contributed by atoms with Gasteiger partial charge in [-0.15, -0.1) is 10.1 Å². The van der Waals surface area contributed by atoms with Gasteiger partial charge in [0.1, 0.15) is 13.2 Å². The Morgan fingerprint density at radius 1 is 0.982 bits per heavy atom. The summed E-state index contributed by atoms with van der Waals surface area (Å²) >= 11 is 0. The number of aromatic nitrogens is 6. The van der Waals surface area contributed by atoms with Gasteiger partial charge in [0, 0.05) is 12.5 Å². The summed E-state index contributed by atoms with van der Waals surface area (Å²) in [6, 6.07) is 21.4. The fourth-order valence-electron chi connectivity index (χ4n) is 5.81. The van der Waals surface area contributed by atoms with Gasteiger partial charge in [-0.25, -0.2) is 19.5 Å².